The van der Waals surface area contributed by atoms with Gasteiger partial charge in [-0.1, -0.05) is 18.2 Å². The molecule has 7 heteroatoms. The normalized spacial score (nSPS) is 16.9. The molecule has 1 saturated heterocycles. The molecule has 7 nitrogen and oxygen atoms in total. The van der Waals surface area contributed by atoms with Crippen LogP contribution in [0.5, 0.6) is 5.75 Å². The van der Waals surface area contributed by atoms with Gasteiger partial charge in [-0.05, 0) is 42.7 Å². The Hall–Kier alpha value is -3.19. The number of benzene rings is 2. The zero-order valence-corrected chi connectivity index (χ0v) is 16.3. The molecular formula is C22H23N3O4. The van der Waals surface area contributed by atoms with E-state index in [0.717, 1.165) is 12.8 Å². The minimum absolute atomic E-state index is 0.0987. The minimum atomic E-state index is -0.320. The number of likely N-dealkylation sites (tertiary alicyclic amines) is 1. The standard InChI is InChI=1S/C22H23N3O4/c1-29-19-7-6-14(12-18(19)20(26)24-10-8-15(23)9-11-24)13-25-21(27)16-4-2-3-5-17(16)22(25)28/h2-7,12,15H,8-11,13,23H2,1H3. The van der Waals surface area contributed by atoms with Gasteiger partial charge in [-0.2, -0.15) is 0 Å². The molecule has 29 heavy (non-hydrogen) atoms. The molecule has 2 N–H and O–H groups in total. The van der Waals surface area contributed by atoms with Crippen LogP contribution in [0.3, 0.4) is 0 Å². The summed E-state index contributed by atoms with van der Waals surface area (Å²) in [5, 5.41) is 0. The van der Waals surface area contributed by atoms with E-state index < -0.39 is 0 Å². The number of fused-ring (bicyclic) bond motifs is 1. The highest BCUT2D eigenvalue weighted by Gasteiger charge is 2.35. The van der Waals surface area contributed by atoms with Crippen LogP contribution in [0.1, 0.15) is 49.5 Å². The Morgan fingerprint density at radius 3 is 2.28 bits per heavy atom. The highest BCUT2D eigenvalue weighted by Crippen LogP contribution is 2.27. The second kappa shape index (κ2) is 7.67. The Morgan fingerprint density at radius 2 is 1.69 bits per heavy atom. The molecule has 2 aromatic rings. The predicted octanol–water partition coefficient (Wildman–Crippen LogP) is 2.05. The number of methoxy groups -OCH3 is 1. The van der Waals surface area contributed by atoms with Crippen LogP contribution in [0.2, 0.25) is 0 Å². The first-order valence-electron chi connectivity index (χ1n) is 9.66. The maximum absolute atomic E-state index is 13.0. The van der Waals surface area contributed by atoms with Crippen molar-refractivity contribution in [1.82, 2.24) is 9.80 Å². The van der Waals surface area contributed by atoms with Gasteiger partial charge in [0.25, 0.3) is 17.7 Å². The van der Waals surface area contributed by atoms with Gasteiger partial charge >= 0.3 is 0 Å². The first-order valence-corrected chi connectivity index (χ1v) is 9.66. The fraction of sp³-hybridized carbons (Fsp3) is 0.318. The highest BCUT2D eigenvalue weighted by molar-refractivity contribution is 6.21. The van der Waals surface area contributed by atoms with E-state index in [-0.39, 0.29) is 30.3 Å². The van der Waals surface area contributed by atoms with E-state index in [0.29, 0.717) is 41.1 Å². The van der Waals surface area contributed by atoms with Gasteiger partial charge in [-0.3, -0.25) is 19.3 Å². The van der Waals surface area contributed by atoms with Gasteiger partial charge in [0.1, 0.15) is 5.75 Å². The fourth-order valence-electron chi connectivity index (χ4n) is 3.86. The Morgan fingerprint density at radius 1 is 1.07 bits per heavy atom. The van der Waals surface area contributed by atoms with E-state index in [9.17, 15) is 14.4 Å². The SMILES string of the molecule is COc1ccc(CN2C(=O)c3ccccc3C2=O)cc1C(=O)N1CCC(N)CC1. The molecule has 0 bridgehead atoms. The first kappa shape index (κ1) is 19.1. The third kappa shape index (κ3) is 3.49. The number of amides is 3. The number of carbonyl (C=O) groups excluding carboxylic acids is 3. The topological polar surface area (TPSA) is 92.9 Å². The molecular weight excluding hydrogens is 370 g/mol. The Kier molecular flexibility index (Phi) is 5.07. The van der Waals surface area contributed by atoms with Gasteiger partial charge in [0.2, 0.25) is 0 Å². The van der Waals surface area contributed by atoms with E-state index in [4.69, 9.17) is 10.5 Å². The van der Waals surface area contributed by atoms with Crippen molar-refractivity contribution in [2.75, 3.05) is 20.2 Å². The molecule has 0 saturated carbocycles. The van der Waals surface area contributed by atoms with Crippen molar-refractivity contribution in [3.63, 3.8) is 0 Å². The van der Waals surface area contributed by atoms with Gasteiger partial charge < -0.3 is 15.4 Å². The van der Waals surface area contributed by atoms with Gasteiger partial charge in [0, 0.05) is 19.1 Å². The van der Waals surface area contributed by atoms with Crippen LogP contribution in [0.4, 0.5) is 0 Å². The van der Waals surface area contributed by atoms with Crippen molar-refractivity contribution < 1.29 is 19.1 Å². The zero-order chi connectivity index (χ0) is 20.5. The van der Waals surface area contributed by atoms with E-state index >= 15 is 0 Å². The number of imide groups is 1. The average molecular weight is 393 g/mol. The third-order valence-electron chi connectivity index (χ3n) is 5.54. The Labute approximate surface area is 169 Å². The summed E-state index contributed by atoms with van der Waals surface area (Å²) < 4.78 is 5.38. The number of hydrogen-bond acceptors (Lipinski definition) is 5. The van der Waals surface area contributed by atoms with Crippen molar-refractivity contribution in [1.29, 1.82) is 0 Å². The van der Waals surface area contributed by atoms with Crippen LogP contribution in [-0.4, -0.2) is 53.8 Å². The lowest BCUT2D eigenvalue weighted by Gasteiger charge is -2.30. The summed E-state index contributed by atoms with van der Waals surface area (Å²) in [6, 6.07) is 12.1. The van der Waals surface area contributed by atoms with E-state index in [1.165, 1.54) is 12.0 Å². The van der Waals surface area contributed by atoms with Crippen molar-refractivity contribution in [3.05, 3.63) is 64.7 Å². The van der Waals surface area contributed by atoms with Crippen LogP contribution in [0.15, 0.2) is 42.5 Å². The van der Waals surface area contributed by atoms with Crippen LogP contribution < -0.4 is 10.5 Å². The quantitative estimate of drug-likeness (QED) is 0.803. The minimum Gasteiger partial charge on any atom is -0.496 e. The number of ether oxygens (including phenoxy) is 1. The van der Waals surface area contributed by atoms with Crippen LogP contribution >= 0.6 is 0 Å². The summed E-state index contributed by atoms with van der Waals surface area (Å²) in [6.07, 6.45) is 1.53. The molecule has 1 fully saturated rings. The average Bonchev–Trinajstić information content (AvgIpc) is 2.99. The van der Waals surface area contributed by atoms with Gasteiger partial charge in [-0.15, -0.1) is 0 Å². The lowest BCUT2D eigenvalue weighted by atomic mass is 10.0. The molecule has 2 aliphatic rings. The number of nitrogens with two attached hydrogens (primary N) is 1. The summed E-state index contributed by atoms with van der Waals surface area (Å²) >= 11 is 0. The molecule has 0 aromatic heterocycles. The molecule has 3 amide bonds. The maximum atomic E-state index is 13.0. The monoisotopic (exact) mass is 393 g/mol. The van der Waals surface area contributed by atoms with Gasteiger partial charge in [0.05, 0.1) is 30.3 Å². The molecule has 2 aromatic carbocycles. The summed E-state index contributed by atoms with van der Waals surface area (Å²) in [6.45, 7) is 1.30. The number of hydrogen-bond donors (Lipinski definition) is 1. The van der Waals surface area contributed by atoms with Crippen molar-refractivity contribution in [3.8, 4) is 5.75 Å². The largest absolute Gasteiger partial charge is 0.496 e. The summed E-state index contributed by atoms with van der Waals surface area (Å²) in [4.78, 5) is 41.3. The van der Waals surface area contributed by atoms with Crippen LogP contribution in [0, 0.1) is 0 Å². The molecule has 150 valence electrons. The number of rotatable bonds is 4. The van der Waals surface area contributed by atoms with Crippen LogP contribution in [-0.2, 0) is 6.54 Å². The zero-order valence-electron chi connectivity index (χ0n) is 16.3. The molecule has 0 radical (unpaired) electrons. The van der Waals surface area contributed by atoms with Gasteiger partial charge in [-0.25, -0.2) is 0 Å². The second-order valence-electron chi connectivity index (χ2n) is 7.41. The molecule has 0 spiro atoms. The molecule has 2 aliphatic heterocycles. The molecule has 0 unspecified atom stereocenters. The van der Waals surface area contributed by atoms with Crippen molar-refractivity contribution >= 4 is 17.7 Å². The Bertz CT molecular complexity index is 945. The predicted molar refractivity (Wildman–Crippen MR) is 107 cm³/mol. The maximum Gasteiger partial charge on any atom is 0.261 e. The van der Waals surface area contributed by atoms with Crippen molar-refractivity contribution in [2.45, 2.75) is 25.4 Å². The fourth-order valence-corrected chi connectivity index (χ4v) is 3.86. The third-order valence-corrected chi connectivity index (χ3v) is 5.54. The summed E-state index contributed by atoms with van der Waals surface area (Å²) in [7, 11) is 1.52. The Balaban J connectivity index is 1.58. The molecule has 0 atom stereocenters. The molecule has 0 aliphatic carbocycles. The lowest BCUT2D eigenvalue weighted by Crippen LogP contribution is -2.43. The van der Waals surface area contributed by atoms with Crippen molar-refractivity contribution in [2.24, 2.45) is 5.73 Å². The number of piperidine rings is 1. The lowest BCUT2D eigenvalue weighted by molar-refractivity contribution is 0.0642. The number of nitrogens with zero attached hydrogens (tertiary/aromatic N) is 2. The van der Waals surface area contributed by atoms with E-state index in [1.54, 1.807) is 47.4 Å². The first-order chi connectivity index (χ1) is 14.0. The van der Waals surface area contributed by atoms with E-state index in [2.05, 4.69) is 0 Å². The highest BCUT2D eigenvalue weighted by atomic mass is 16.5. The molecule has 4 rings (SSSR count). The smallest absolute Gasteiger partial charge is 0.261 e. The number of carbonyl (C=O) groups is 3. The van der Waals surface area contributed by atoms with Crippen LogP contribution in [0.25, 0.3) is 0 Å². The second-order valence-corrected chi connectivity index (χ2v) is 7.41. The summed E-state index contributed by atoms with van der Waals surface area (Å²) in [5.74, 6) is -0.299. The van der Waals surface area contributed by atoms with E-state index in [1.807, 2.05) is 0 Å². The summed E-state index contributed by atoms with van der Waals surface area (Å²) in [5.41, 5.74) is 7.88. The molecule has 2 heterocycles. The van der Waals surface area contributed by atoms with Gasteiger partial charge in [0.15, 0.2) is 0 Å².